The third kappa shape index (κ3) is 12.0. The van der Waals surface area contributed by atoms with E-state index >= 15 is 0 Å². The first kappa shape index (κ1) is 29.4. The molecule has 0 spiro atoms. The molecule has 34 heavy (non-hydrogen) atoms. The van der Waals surface area contributed by atoms with Gasteiger partial charge in [-0.15, -0.1) is 0 Å². The van der Waals surface area contributed by atoms with E-state index in [4.69, 9.17) is 10.8 Å². The predicted molar refractivity (Wildman–Crippen MR) is 121 cm³/mol. The minimum Gasteiger partial charge on any atom is -0.392 e. The standard InChI is InChI=1S/C9H6F6O.C9H19N3.C6H6/c10-8(11,12)6-1-5(4-16)2-7(3-6)9(13,14)15;1-11-9(10)7-12-8-5-3-2-4-6-8;1-2-4-6-5-3-1/h1-3,16H,4H2;8,12H,2-7H2,1H3,(H2,10,11);1-6H. The summed E-state index contributed by atoms with van der Waals surface area (Å²) in [6.45, 7) is -0.131. The van der Waals surface area contributed by atoms with Crippen LogP contribution < -0.4 is 11.1 Å². The summed E-state index contributed by atoms with van der Waals surface area (Å²) in [5.41, 5.74) is 2.30. The van der Waals surface area contributed by atoms with Crippen molar-refractivity contribution in [3.63, 3.8) is 0 Å². The Labute approximate surface area is 195 Å². The van der Waals surface area contributed by atoms with Crippen molar-refractivity contribution in [2.45, 2.75) is 57.1 Å². The van der Waals surface area contributed by atoms with Gasteiger partial charge in [0.05, 0.1) is 24.3 Å². The van der Waals surface area contributed by atoms with Crippen LogP contribution in [0.5, 0.6) is 0 Å². The molecule has 0 bridgehead atoms. The Balaban J connectivity index is 0.000000280. The van der Waals surface area contributed by atoms with E-state index in [0.717, 1.165) is 6.54 Å². The summed E-state index contributed by atoms with van der Waals surface area (Å²) >= 11 is 0. The van der Waals surface area contributed by atoms with Gasteiger partial charge in [-0.05, 0) is 36.6 Å². The molecule has 0 aliphatic heterocycles. The maximum atomic E-state index is 12.2. The molecule has 0 aromatic heterocycles. The number of amidine groups is 1. The van der Waals surface area contributed by atoms with E-state index in [1.165, 1.54) is 32.1 Å². The van der Waals surface area contributed by atoms with E-state index in [2.05, 4.69) is 10.3 Å². The van der Waals surface area contributed by atoms with Gasteiger partial charge in [0.25, 0.3) is 0 Å². The first-order valence-electron chi connectivity index (χ1n) is 10.8. The van der Waals surface area contributed by atoms with Gasteiger partial charge in [-0.25, -0.2) is 0 Å². The average molecular weight is 492 g/mol. The lowest BCUT2D eigenvalue weighted by Gasteiger charge is -2.22. The number of benzene rings is 2. The van der Waals surface area contributed by atoms with Crippen LogP contribution in [0.15, 0.2) is 59.6 Å². The zero-order valence-electron chi connectivity index (χ0n) is 19.0. The summed E-state index contributed by atoms with van der Waals surface area (Å²) in [7, 11) is 1.73. The normalized spacial score (nSPS) is 15.0. The molecule has 0 unspecified atom stereocenters. The zero-order valence-corrected chi connectivity index (χ0v) is 19.0. The molecular weight excluding hydrogens is 460 g/mol. The lowest BCUT2D eigenvalue weighted by Crippen LogP contribution is -2.37. The number of alkyl halides is 6. The van der Waals surface area contributed by atoms with Crippen molar-refractivity contribution in [1.29, 1.82) is 0 Å². The summed E-state index contributed by atoms with van der Waals surface area (Å²) in [5, 5.41) is 12.0. The van der Waals surface area contributed by atoms with Crippen molar-refractivity contribution in [2.75, 3.05) is 13.6 Å². The Hall–Kier alpha value is -2.59. The van der Waals surface area contributed by atoms with Gasteiger partial charge in [-0.3, -0.25) is 4.99 Å². The molecule has 2 aromatic carbocycles. The molecule has 1 fully saturated rings. The predicted octanol–water partition coefficient (Wildman–Crippen LogP) is 5.80. The van der Waals surface area contributed by atoms with E-state index in [1.807, 2.05) is 36.4 Å². The van der Waals surface area contributed by atoms with Crippen LogP contribution >= 0.6 is 0 Å². The van der Waals surface area contributed by atoms with E-state index in [9.17, 15) is 26.3 Å². The Morgan fingerprint density at radius 1 is 0.882 bits per heavy atom. The maximum Gasteiger partial charge on any atom is 0.416 e. The zero-order chi connectivity index (χ0) is 25.6. The van der Waals surface area contributed by atoms with Gasteiger partial charge in [0.15, 0.2) is 0 Å². The summed E-state index contributed by atoms with van der Waals surface area (Å²) in [5.74, 6) is 0.709. The molecule has 0 saturated heterocycles. The van der Waals surface area contributed by atoms with E-state index in [0.29, 0.717) is 24.0 Å². The molecule has 0 heterocycles. The third-order valence-corrected chi connectivity index (χ3v) is 4.96. The lowest BCUT2D eigenvalue weighted by molar-refractivity contribution is -0.143. The van der Waals surface area contributed by atoms with Crippen molar-refractivity contribution in [2.24, 2.45) is 10.7 Å². The number of nitrogens with zero attached hydrogens (tertiary/aromatic N) is 1. The SMILES string of the molecule is CN=C(N)CNC1CCCCC1.OCc1cc(C(F)(F)F)cc(C(F)(F)F)c1.c1ccccc1. The molecule has 4 nitrogen and oxygen atoms in total. The Bertz CT molecular complexity index is 789. The molecule has 10 heteroatoms. The summed E-state index contributed by atoms with van der Waals surface area (Å²) in [6.07, 6.45) is -3.01. The van der Waals surface area contributed by atoms with Gasteiger partial charge in [0.1, 0.15) is 5.84 Å². The van der Waals surface area contributed by atoms with Gasteiger partial charge >= 0.3 is 12.4 Å². The number of halogens is 6. The second-order valence-electron chi connectivity index (χ2n) is 7.66. The Morgan fingerprint density at radius 2 is 1.32 bits per heavy atom. The molecule has 0 amide bonds. The van der Waals surface area contributed by atoms with Crippen molar-refractivity contribution in [3.05, 3.63) is 71.3 Å². The highest BCUT2D eigenvalue weighted by Crippen LogP contribution is 2.36. The van der Waals surface area contributed by atoms with E-state index in [1.54, 1.807) is 7.05 Å². The van der Waals surface area contributed by atoms with Crippen LogP contribution in [0.3, 0.4) is 0 Å². The monoisotopic (exact) mass is 491 g/mol. The van der Waals surface area contributed by atoms with Crippen molar-refractivity contribution < 1.29 is 31.4 Å². The van der Waals surface area contributed by atoms with Gasteiger partial charge in [-0.1, -0.05) is 55.7 Å². The number of aliphatic hydroxyl groups is 1. The molecule has 1 aliphatic carbocycles. The van der Waals surface area contributed by atoms with Crippen molar-refractivity contribution >= 4 is 5.84 Å². The second kappa shape index (κ2) is 14.6. The molecule has 1 aliphatic rings. The maximum absolute atomic E-state index is 12.2. The minimum absolute atomic E-state index is 0.0131. The van der Waals surface area contributed by atoms with Crippen molar-refractivity contribution in [3.8, 4) is 0 Å². The van der Waals surface area contributed by atoms with E-state index in [-0.39, 0.29) is 6.07 Å². The lowest BCUT2D eigenvalue weighted by atomic mass is 9.95. The first-order valence-corrected chi connectivity index (χ1v) is 10.8. The minimum atomic E-state index is -4.87. The van der Waals surface area contributed by atoms with Crippen LogP contribution in [-0.2, 0) is 19.0 Å². The molecular formula is C24H31F6N3O. The fraction of sp³-hybridized carbons (Fsp3) is 0.458. The highest BCUT2D eigenvalue weighted by Gasteiger charge is 2.36. The summed E-state index contributed by atoms with van der Waals surface area (Å²) in [4.78, 5) is 3.90. The molecule has 190 valence electrons. The fourth-order valence-electron chi connectivity index (χ4n) is 3.13. The largest absolute Gasteiger partial charge is 0.416 e. The number of rotatable bonds is 4. The number of hydrogen-bond donors (Lipinski definition) is 3. The molecule has 2 aromatic rings. The number of nitrogens with two attached hydrogens (primary N) is 1. The molecule has 4 N–H and O–H groups in total. The topological polar surface area (TPSA) is 70.6 Å². The van der Waals surface area contributed by atoms with Crippen LogP contribution in [0.2, 0.25) is 0 Å². The van der Waals surface area contributed by atoms with Crippen LogP contribution in [0.25, 0.3) is 0 Å². The Morgan fingerprint density at radius 3 is 1.68 bits per heavy atom. The average Bonchev–Trinajstić information content (AvgIpc) is 2.83. The quantitative estimate of drug-likeness (QED) is 0.288. The highest BCUT2D eigenvalue weighted by atomic mass is 19.4. The van der Waals surface area contributed by atoms with Gasteiger partial charge in [0, 0.05) is 13.1 Å². The van der Waals surface area contributed by atoms with Crippen molar-refractivity contribution in [1.82, 2.24) is 5.32 Å². The second-order valence-corrected chi connectivity index (χ2v) is 7.66. The molecule has 0 atom stereocenters. The summed E-state index contributed by atoms with van der Waals surface area (Å²) in [6, 6.07) is 13.7. The molecule has 0 radical (unpaired) electrons. The van der Waals surface area contributed by atoms with E-state index < -0.39 is 35.6 Å². The highest BCUT2D eigenvalue weighted by molar-refractivity contribution is 5.82. The smallest absolute Gasteiger partial charge is 0.392 e. The van der Waals surface area contributed by atoms with Gasteiger partial charge in [0.2, 0.25) is 0 Å². The van der Waals surface area contributed by atoms with Crippen LogP contribution in [0, 0.1) is 0 Å². The van der Waals surface area contributed by atoms with Crippen LogP contribution in [0.1, 0.15) is 48.8 Å². The van der Waals surface area contributed by atoms with Crippen LogP contribution in [-0.4, -0.2) is 30.6 Å². The van der Waals surface area contributed by atoms with Crippen LogP contribution in [0.4, 0.5) is 26.3 Å². The number of aliphatic hydroxyl groups excluding tert-OH is 1. The number of nitrogens with one attached hydrogen (secondary N) is 1. The van der Waals surface area contributed by atoms with Gasteiger partial charge in [-0.2, -0.15) is 26.3 Å². The van der Waals surface area contributed by atoms with Gasteiger partial charge < -0.3 is 16.2 Å². The Kier molecular flexibility index (Phi) is 12.7. The first-order chi connectivity index (χ1) is 16.0. The fourth-order valence-corrected chi connectivity index (χ4v) is 3.13. The number of aliphatic imine (C=N–C) groups is 1. The molecule has 3 rings (SSSR count). The number of hydrogen-bond acceptors (Lipinski definition) is 3. The molecule has 1 saturated carbocycles. The third-order valence-electron chi connectivity index (χ3n) is 4.96. The summed E-state index contributed by atoms with van der Waals surface area (Å²) < 4.78 is 73.3.